The molecule has 0 unspecified atom stereocenters. The average molecular weight is 328 g/mol. The Morgan fingerprint density at radius 1 is 0.783 bits per heavy atom. The molecule has 0 amide bonds. The molecule has 0 spiro atoms. The van der Waals surface area contributed by atoms with E-state index in [1.807, 2.05) is 0 Å². The van der Waals surface area contributed by atoms with Crippen LogP contribution in [0.3, 0.4) is 0 Å². The van der Waals surface area contributed by atoms with E-state index < -0.39 is 11.9 Å². The maximum absolute atomic E-state index is 11.0. The van der Waals surface area contributed by atoms with E-state index in [0.29, 0.717) is 13.2 Å². The van der Waals surface area contributed by atoms with Crippen LogP contribution in [-0.2, 0) is 19.1 Å². The molecule has 0 heterocycles. The van der Waals surface area contributed by atoms with Crippen molar-refractivity contribution in [1.82, 2.24) is 0 Å². The second-order valence-corrected chi connectivity index (χ2v) is 5.63. The minimum Gasteiger partial charge on any atom is -0.478 e. The molecular weight excluding hydrogens is 296 g/mol. The van der Waals surface area contributed by atoms with Gasteiger partial charge in [-0.1, -0.05) is 64.7 Å². The molecule has 0 bridgehead atoms. The molecule has 23 heavy (non-hydrogen) atoms. The Balaban J connectivity index is 3.16. The Bertz CT molecular complexity index is 325. The third kappa shape index (κ3) is 18.6. The van der Waals surface area contributed by atoms with E-state index in [-0.39, 0.29) is 6.61 Å². The normalized spacial score (nSPS) is 11.0. The second kappa shape index (κ2) is 17.0. The van der Waals surface area contributed by atoms with Gasteiger partial charge in [0.05, 0.1) is 6.61 Å². The lowest BCUT2D eigenvalue weighted by atomic mass is 10.1. The molecule has 0 aromatic heterocycles. The van der Waals surface area contributed by atoms with Crippen LogP contribution in [0.1, 0.15) is 71.1 Å². The molecule has 0 saturated carbocycles. The summed E-state index contributed by atoms with van der Waals surface area (Å²) in [5.74, 6) is -1.82. The third-order valence-electron chi connectivity index (χ3n) is 3.48. The minimum absolute atomic E-state index is 0.153. The van der Waals surface area contributed by atoms with Gasteiger partial charge in [-0.15, -0.1) is 0 Å². The van der Waals surface area contributed by atoms with Crippen molar-refractivity contribution in [1.29, 1.82) is 0 Å². The van der Waals surface area contributed by atoms with E-state index in [4.69, 9.17) is 14.6 Å². The van der Waals surface area contributed by atoms with Crippen molar-refractivity contribution in [2.24, 2.45) is 0 Å². The summed E-state index contributed by atoms with van der Waals surface area (Å²) in [7, 11) is 0. The fourth-order valence-corrected chi connectivity index (χ4v) is 2.18. The van der Waals surface area contributed by atoms with Gasteiger partial charge in [0.15, 0.2) is 0 Å². The van der Waals surface area contributed by atoms with Gasteiger partial charge in [-0.3, -0.25) is 0 Å². The van der Waals surface area contributed by atoms with Crippen LogP contribution in [0.15, 0.2) is 12.2 Å². The van der Waals surface area contributed by atoms with Crippen LogP contribution < -0.4 is 0 Å². The van der Waals surface area contributed by atoms with Crippen LogP contribution in [0.5, 0.6) is 0 Å². The summed E-state index contributed by atoms with van der Waals surface area (Å²) < 4.78 is 10.1. The maximum atomic E-state index is 11.0. The molecule has 0 rings (SSSR count). The Labute approximate surface area is 140 Å². The lowest BCUT2D eigenvalue weighted by molar-refractivity contribution is -0.140. The van der Waals surface area contributed by atoms with Crippen LogP contribution >= 0.6 is 0 Å². The number of unbranched alkanes of at least 4 members (excludes halogenated alkanes) is 9. The number of aliphatic carboxylic acids is 1. The highest BCUT2D eigenvalue weighted by atomic mass is 16.6. The fraction of sp³-hybridized carbons (Fsp3) is 0.778. The van der Waals surface area contributed by atoms with Gasteiger partial charge in [0.25, 0.3) is 0 Å². The summed E-state index contributed by atoms with van der Waals surface area (Å²) in [5.41, 5.74) is 0. The van der Waals surface area contributed by atoms with Crippen molar-refractivity contribution in [3.8, 4) is 0 Å². The number of rotatable bonds is 16. The SMILES string of the molecule is CCCCCCCCCCCCOCCOC(=O)/C=C\C(=O)O. The Morgan fingerprint density at radius 2 is 1.35 bits per heavy atom. The van der Waals surface area contributed by atoms with Gasteiger partial charge in [0, 0.05) is 18.8 Å². The van der Waals surface area contributed by atoms with E-state index in [2.05, 4.69) is 6.92 Å². The first-order chi connectivity index (χ1) is 11.2. The minimum atomic E-state index is -1.17. The first-order valence-electron chi connectivity index (χ1n) is 8.82. The highest BCUT2D eigenvalue weighted by Crippen LogP contribution is 2.10. The topological polar surface area (TPSA) is 72.8 Å². The standard InChI is InChI=1S/C18H32O5/c1-2-3-4-5-6-7-8-9-10-11-14-22-15-16-23-18(21)13-12-17(19)20/h12-13H,2-11,14-16H2,1H3,(H,19,20)/b13-12-. The molecule has 0 radical (unpaired) electrons. The highest BCUT2D eigenvalue weighted by molar-refractivity contribution is 5.90. The van der Waals surface area contributed by atoms with Gasteiger partial charge in [-0.2, -0.15) is 0 Å². The molecule has 0 aliphatic heterocycles. The summed E-state index contributed by atoms with van der Waals surface area (Å²) in [5, 5.41) is 8.34. The number of carboxylic acid groups (broad SMARTS) is 1. The highest BCUT2D eigenvalue weighted by Gasteiger charge is 1.98. The number of hydrogen-bond donors (Lipinski definition) is 1. The Kier molecular flexibility index (Phi) is 16.0. The zero-order valence-electron chi connectivity index (χ0n) is 14.4. The van der Waals surface area contributed by atoms with Crippen molar-refractivity contribution >= 4 is 11.9 Å². The van der Waals surface area contributed by atoms with Crippen LogP contribution in [0.25, 0.3) is 0 Å². The smallest absolute Gasteiger partial charge is 0.331 e. The van der Waals surface area contributed by atoms with Gasteiger partial charge >= 0.3 is 11.9 Å². The van der Waals surface area contributed by atoms with E-state index in [1.165, 1.54) is 57.8 Å². The number of carbonyl (C=O) groups is 2. The lowest BCUT2D eigenvalue weighted by Crippen LogP contribution is -2.09. The molecule has 0 aliphatic carbocycles. The zero-order valence-corrected chi connectivity index (χ0v) is 14.4. The molecule has 0 aromatic rings. The number of carboxylic acids is 1. The maximum Gasteiger partial charge on any atom is 0.331 e. The monoisotopic (exact) mass is 328 g/mol. The van der Waals surface area contributed by atoms with Gasteiger partial charge in [0.2, 0.25) is 0 Å². The summed E-state index contributed by atoms with van der Waals surface area (Å²) in [6.45, 7) is 3.42. The van der Waals surface area contributed by atoms with Crippen molar-refractivity contribution in [3.05, 3.63) is 12.2 Å². The van der Waals surface area contributed by atoms with Gasteiger partial charge in [-0.05, 0) is 6.42 Å². The second-order valence-electron chi connectivity index (χ2n) is 5.63. The van der Waals surface area contributed by atoms with Crippen LogP contribution in [0.4, 0.5) is 0 Å². The molecule has 0 aliphatic rings. The fourth-order valence-electron chi connectivity index (χ4n) is 2.18. The first kappa shape index (κ1) is 21.6. The molecule has 0 atom stereocenters. The van der Waals surface area contributed by atoms with Gasteiger partial charge in [-0.25, -0.2) is 9.59 Å². The van der Waals surface area contributed by atoms with E-state index in [9.17, 15) is 9.59 Å². The summed E-state index contributed by atoms with van der Waals surface area (Å²) in [6.07, 6.45) is 14.5. The average Bonchev–Trinajstić information content (AvgIpc) is 2.53. The van der Waals surface area contributed by atoms with Gasteiger partial charge in [0.1, 0.15) is 6.61 Å². The number of esters is 1. The Morgan fingerprint density at radius 3 is 1.91 bits per heavy atom. The molecule has 0 saturated heterocycles. The number of ether oxygens (including phenoxy) is 2. The van der Waals surface area contributed by atoms with Crippen molar-refractivity contribution in [2.45, 2.75) is 71.1 Å². The third-order valence-corrected chi connectivity index (χ3v) is 3.48. The molecule has 134 valence electrons. The number of hydrogen-bond acceptors (Lipinski definition) is 4. The van der Waals surface area contributed by atoms with E-state index in [1.54, 1.807) is 0 Å². The van der Waals surface area contributed by atoms with Crippen LogP contribution in [-0.4, -0.2) is 36.9 Å². The van der Waals surface area contributed by atoms with E-state index >= 15 is 0 Å². The molecule has 0 aromatic carbocycles. The van der Waals surface area contributed by atoms with E-state index in [0.717, 1.165) is 18.6 Å². The molecule has 1 N–H and O–H groups in total. The Hall–Kier alpha value is -1.36. The largest absolute Gasteiger partial charge is 0.478 e. The summed E-state index contributed by atoms with van der Waals surface area (Å²) >= 11 is 0. The first-order valence-corrected chi connectivity index (χ1v) is 8.82. The van der Waals surface area contributed by atoms with Crippen molar-refractivity contribution in [3.63, 3.8) is 0 Å². The lowest BCUT2D eigenvalue weighted by Gasteiger charge is -2.05. The molecule has 5 nitrogen and oxygen atoms in total. The van der Waals surface area contributed by atoms with Gasteiger partial charge < -0.3 is 14.6 Å². The zero-order chi connectivity index (χ0) is 17.2. The van der Waals surface area contributed by atoms with Crippen molar-refractivity contribution < 1.29 is 24.2 Å². The van der Waals surface area contributed by atoms with Crippen LogP contribution in [0.2, 0.25) is 0 Å². The summed E-state index contributed by atoms with van der Waals surface area (Å²) in [4.78, 5) is 21.2. The quantitative estimate of drug-likeness (QED) is 0.262. The molecule has 0 fully saturated rings. The summed E-state index contributed by atoms with van der Waals surface area (Å²) in [6, 6.07) is 0. The molecular formula is C18H32O5. The predicted octanol–water partition coefficient (Wildman–Crippen LogP) is 4.11. The molecule has 5 heteroatoms. The van der Waals surface area contributed by atoms with Crippen LogP contribution in [0, 0.1) is 0 Å². The number of carbonyl (C=O) groups excluding carboxylic acids is 1. The van der Waals surface area contributed by atoms with Crippen molar-refractivity contribution in [2.75, 3.05) is 19.8 Å². The predicted molar refractivity (Wildman–Crippen MR) is 90.4 cm³/mol.